The third kappa shape index (κ3) is 3.32. The lowest BCUT2D eigenvalue weighted by molar-refractivity contribution is 0.0654. The van der Waals surface area contributed by atoms with Crippen molar-refractivity contribution in [2.75, 3.05) is 33.4 Å². The highest BCUT2D eigenvalue weighted by atomic mass is 16.5. The van der Waals surface area contributed by atoms with Gasteiger partial charge in [-0.05, 0) is 11.5 Å². The van der Waals surface area contributed by atoms with Crippen LogP contribution in [0, 0.1) is 0 Å². The van der Waals surface area contributed by atoms with E-state index in [1.807, 2.05) is 18.2 Å². The summed E-state index contributed by atoms with van der Waals surface area (Å²) < 4.78 is 4.97. The fourth-order valence-electron chi connectivity index (χ4n) is 2.24. The van der Waals surface area contributed by atoms with E-state index in [4.69, 9.17) is 9.84 Å². The lowest BCUT2D eigenvalue weighted by Crippen LogP contribution is -2.36. The van der Waals surface area contributed by atoms with Crippen LogP contribution in [-0.2, 0) is 4.74 Å². The zero-order chi connectivity index (χ0) is 15.2. The Morgan fingerprint density at radius 3 is 2.67 bits per heavy atom. The van der Waals surface area contributed by atoms with Gasteiger partial charge >= 0.3 is 0 Å². The second kappa shape index (κ2) is 7.06. The van der Waals surface area contributed by atoms with E-state index in [0.717, 1.165) is 5.39 Å². The van der Waals surface area contributed by atoms with Crippen molar-refractivity contribution in [2.24, 2.45) is 0 Å². The number of aromatic hydroxyl groups is 1. The number of methoxy groups -OCH3 is 1. The molecule has 0 saturated carbocycles. The van der Waals surface area contributed by atoms with Gasteiger partial charge in [0.2, 0.25) is 0 Å². The summed E-state index contributed by atoms with van der Waals surface area (Å²) in [7, 11) is 1.55. The van der Waals surface area contributed by atoms with E-state index in [1.165, 1.54) is 4.90 Å². The molecule has 0 heterocycles. The zero-order valence-electron chi connectivity index (χ0n) is 12.0. The van der Waals surface area contributed by atoms with E-state index >= 15 is 0 Å². The molecule has 21 heavy (non-hydrogen) atoms. The fourth-order valence-corrected chi connectivity index (χ4v) is 2.24. The topological polar surface area (TPSA) is 70.0 Å². The minimum Gasteiger partial charge on any atom is -0.506 e. The van der Waals surface area contributed by atoms with Gasteiger partial charge in [0.05, 0.1) is 18.8 Å². The molecule has 2 aromatic rings. The molecule has 0 unspecified atom stereocenters. The number of aliphatic hydroxyl groups is 1. The molecule has 0 spiro atoms. The number of hydrogen-bond donors (Lipinski definition) is 2. The van der Waals surface area contributed by atoms with Gasteiger partial charge in [0.25, 0.3) is 5.91 Å². The van der Waals surface area contributed by atoms with E-state index in [0.29, 0.717) is 18.5 Å². The van der Waals surface area contributed by atoms with Gasteiger partial charge in [0.15, 0.2) is 0 Å². The monoisotopic (exact) mass is 289 g/mol. The number of phenols is 1. The molecule has 0 aliphatic rings. The number of carbonyl (C=O) groups is 1. The summed E-state index contributed by atoms with van der Waals surface area (Å²) in [5.41, 5.74) is 0.234. The number of hydrogen-bond acceptors (Lipinski definition) is 4. The molecule has 5 heteroatoms. The van der Waals surface area contributed by atoms with Crippen LogP contribution in [-0.4, -0.2) is 54.4 Å². The number of aliphatic hydroxyl groups excluding tert-OH is 1. The van der Waals surface area contributed by atoms with Crippen molar-refractivity contribution in [1.29, 1.82) is 0 Å². The quantitative estimate of drug-likeness (QED) is 0.848. The van der Waals surface area contributed by atoms with Crippen molar-refractivity contribution in [3.63, 3.8) is 0 Å². The predicted octanol–water partition coefficient (Wildman–Crippen LogP) is 1.63. The fraction of sp³-hybridized carbons (Fsp3) is 0.312. The Kier molecular flexibility index (Phi) is 5.14. The van der Waals surface area contributed by atoms with Crippen molar-refractivity contribution in [2.45, 2.75) is 0 Å². The lowest BCUT2D eigenvalue weighted by atomic mass is 10.0. The molecule has 0 radical (unpaired) electrons. The number of rotatable bonds is 6. The maximum absolute atomic E-state index is 12.5. The number of amides is 1. The Bertz CT molecular complexity index is 627. The van der Waals surface area contributed by atoms with Crippen LogP contribution in [0.1, 0.15) is 10.4 Å². The normalized spacial score (nSPS) is 10.8. The summed E-state index contributed by atoms with van der Waals surface area (Å²) in [4.78, 5) is 14.0. The number of phenolic OH excluding ortho intramolecular Hbond substituents is 1. The maximum Gasteiger partial charge on any atom is 0.257 e. The number of benzene rings is 2. The summed E-state index contributed by atoms with van der Waals surface area (Å²) in [5, 5.41) is 20.9. The molecule has 0 fully saturated rings. The predicted molar refractivity (Wildman–Crippen MR) is 80.5 cm³/mol. The highest BCUT2D eigenvalue weighted by Gasteiger charge is 2.19. The number of carbonyl (C=O) groups excluding carboxylic acids is 1. The second-order valence-electron chi connectivity index (χ2n) is 4.69. The average Bonchev–Trinajstić information content (AvgIpc) is 2.51. The summed E-state index contributed by atoms with van der Waals surface area (Å²) in [6.45, 7) is 0.806. The van der Waals surface area contributed by atoms with Gasteiger partial charge in [-0.3, -0.25) is 4.79 Å². The molecular formula is C16H19NO4. The van der Waals surface area contributed by atoms with Crippen LogP contribution < -0.4 is 0 Å². The molecule has 5 nitrogen and oxygen atoms in total. The average molecular weight is 289 g/mol. The van der Waals surface area contributed by atoms with Crippen LogP contribution >= 0.6 is 0 Å². The number of nitrogens with zero attached hydrogens (tertiary/aromatic N) is 1. The minimum atomic E-state index is -0.315. The van der Waals surface area contributed by atoms with Crippen LogP contribution in [0.15, 0.2) is 36.4 Å². The van der Waals surface area contributed by atoms with Crippen LogP contribution in [0.25, 0.3) is 10.8 Å². The molecule has 2 rings (SSSR count). The molecule has 2 N–H and O–H groups in total. The van der Waals surface area contributed by atoms with Gasteiger partial charge in [-0.1, -0.05) is 30.3 Å². The van der Waals surface area contributed by atoms with E-state index < -0.39 is 0 Å². The summed E-state index contributed by atoms with van der Waals surface area (Å²) >= 11 is 0. The first-order valence-corrected chi connectivity index (χ1v) is 6.78. The second-order valence-corrected chi connectivity index (χ2v) is 4.69. The van der Waals surface area contributed by atoms with E-state index in [2.05, 4.69) is 0 Å². The summed E-state index contributed by atoms with van der Waals surface area (Å²) in [5.74, 6) is -0.345. The Morgan fingerprint density at radius 2 is 1.95 bits per heavy atom. The molecule has 1 amide bonds. The molecule has 0 saturated heterocycles. The summed E-state index contributed by atoms with van der Waals surface area (Å²) in [6.07, 6.45) is 0. The van der Waals surface area contributed by atoms with Gasteiger partial charge in [-0.25, -0.2) is 0 Å². The largest absolute Gasteiger partial charge is 0.506 e. The molecule has 0 aromatic heterocycles. The van der Waals surface area contributed by atoms with Gasteiger partial charge in [-0.15, -0.1) is 0 Å². The van der Waals surface area contributed by atoms with Crippen molar-refractivity contribution in [3.8, 4) is 5.75 Å². The Hall–Kier alpha value is -2.11. The van der Waals surface area contributed by atoms with Crippen molar-refractivity contribution >= 4 is 16.7 Å². The third-order valence-corrected chi connectivity index (χ3v) is 3.35. The van der Waals surface area contributed by atoms with Gasteiger partial charge < -0.3 is 19.8 Å². The Balaban J connectivity index is 2.34. The van der Waals surface area contributed by atoms with E-state index in [9.17, 15) is 9.90 Å². The number of ether oxygens (including phenoxy) is 1. The first-order valence-electron chi connectivity index (χ1n) is 6.78. The molecule has 0 aliphatic carbocycles. The molecule has 0 atom stereocenters. The molecule has 112 valence electrons. The van der Waals surface area contributed by atoms with Crippen LogP contribution in [0.5, 0.6) is 5.75 Å². The van der Waals surface area contributed by atoms with Crippen LogP contribution in [0.2, 0.25) is 0 Å². The maximum atomic E-state index is 12.5. The van der Waals surface area contributed by atoms with Crippen molar-refractivity contribution in [3.05, 3.63) is 42.0 Å². The van der Waals surface area contributed by atoms with E-state index in [1.54, 1.807) is 25.3 Å². The number of fused-ring (bicyclic) bond motifs is 1. The summed E-state index contributed by atoms with van der Waals surface area (Å²) in [6, 6.07) is 10.7. The molecule has 0 bridgehead atoms. The molecule has 2 aromatic carbocycles. The third-order valence-electron chi connectivity index (χ3n) is 3.35. The molecular weight excluding hydrogens is 270 g/mol. The van der Waals surface area contributed by atoms with Gasteiger partial charge in [-0.2, -0.15) is 0 Å². The highest BCUT2D eigenvalue weighted by molar-refractivity contribution is 6.03. The Labute approximate surface area is 123 Å². The first-order chi connectivity index (χ1) is 10.2. The van der Waals surface area contributed by atoms with Gasteiger partial charge in [0, 0.05) is 25.6 Å². The molecule has 0 aliphatic heterocycles. The SMILES string of the molecule is COCCN(CCO)C(=O)c1ccc2ccccc2c1O. The minimum absolute atomic E-state index is 0.0292. The first kappa shape index (κ1) is 15.3. The lowest BCUT2D eigenvalue weighted by Gasteiger charge is -2.22. The highest BCUT2D eigenvalue weighted by Crippen LogP contribution is 2.29. The van der Waals surface area contributed by atoms with Crippen molar-refractivity contribution < 1.29 is 19.7 Å². The Morgan fingerprint density at radius 1 is 1.19 bits per heavy atom. The van der Waals surface area contributed by atoms with E-state index in [-0.39, 0.29) is 30.4 Å². The van der Waals surface area contributed by atoms with Crippen molar-refractivity contribution in [1.82, 2.24) is 4.90 Å². The smallest absolute Gasteiger partial charge is 0.257 e. The van der Waals surface area contributed by atoms with Crippen LogP contribution in [0.4, 0.5) is 0 Å². The standard InChI is InChI=1S/C16H19NO4/c1-21-11-9-17(8-10-18)16(20)14-7-6-12-4-2-3-5-13(12)15(14)19/h2-7,18-19H,8-11H2,1H3. The van der Waals surface area contributed by atoms with Crippen LogP contribution in [0.3, 0.4) is 0 Å². The zero-order valence-corrected chi connectivity index (χ0v) is 12.0. The van der Waals surface area contributed by atoms with Gasteiger partial charge in [0.1, 0.15) is 5.75 Å².